The topological polar surface area (TPSA) is 27.6 Å². The Labute approximate surface area is 131 Å². The molecule has 0 aliphatic carbocycles. The first-order valence-electron chi connectivity index (χ1n) is 8.12. The van der Waals surface area contributed by atoms with E-state index < -0.39 is 0 Å². The Hall–Kier alpha value is -2.29. The molecular formula is C19H21N3. The van der Waals surface area contributed by atoms with Gasteiger partial charge in [0, 0.05) is 24.3 Å². The van der Waals surface area contributed by atoms with E-state index in [0.29, 0.717) is 0 Å². The molecule has 1 fully saturated rings. The van der Waals surface area contributed by atoms with Crippen LogP contribution in [0.5, 0.6) is 0 Å². The van der Waals surface area contributed by atoms with E-state index in [9.17, 15) is 0 Å². The molecule has 1 saturated heterocycles. The number of amidine groups is 1. The number of aryl methyl sites for hydroxylation is 1. The third-order valence-corrected chi connectivity index (χ3v) is 4.47. The fraction of sp³-hybridized carbons (Fsp3) is 0.316. The lowest BCUT2D eigenvalue weighted by atomic mass is 10.1. The predicted octanol–water partition coefficient (Wildman–Crippen LogP) is 4.62. The average Bonchev–Trinajstić information content (AvgIpc) is 2.72. The van der Waals surface area contributed by atoms with Crippen LogP contribution in [0.15, 0.2) is 47.5 Å². The number of nitrogens with zero attached hydrogens (tertiary/aromatic N) is 2. The van der Waals surface area contributed by atoms with Crippen molar-refractivity contribution < 1.29 is 0 Å². The second kappa shape index (κ2) is 5.48. The molecule has 0 aromatic heterocycles. The first-order chi connectivity index (χ1) is 10.8. The molecule has 3 heteroatoms. The van der Waals surface area contributed by atoms with Crippen molar-refractivity contribution in [2.75, 3.05) is 18.4 Å². The standard InChI is InChI=1S/C19H21N3/c1-14-9-10-17-18(13-14)21-19(22-11-5-2-6-12-22)15-7-3-4-8-16(15)20-17/h3-4,7-10,13,20H,2,5-6,11-12H2,1H3. The van der Waals surface area contributed by atoms with Gasteiger partial charge in [0.1, 0.15) is 5.84 Å². The van der Waals surface area contributed by atoms with Crippen LogP contribution >= 0.6 is 0 Å². The summed E-state index contributed by atoms with van der Waals surface area (Å²) in [5, 5.41) is 3.56. The zero-order valence-electron chi connectivity index (χ0n) is 13.0. The lowest BCUT2D eigenvalue weighted by Crippen LogP contribution is -2.36. The number of hydrogen-bond acceptors (Lipinski definition) is 3. The molecule has 4 rings (SSSR count). The first kappa shape index (κ1) is 13.4. The highest BCUT2D eigenvalue weighted by molar-refractivity contribution is 6.07. The van der Waals surface area contributed by atoms with E-state index in [1.165, 1.54) is 30.4 Å². The molecule has 0 radical (unpaired) electrons. The van der Waals surface area contributed by atoms with Crippen LogP contribution in [0, 0.1) is 6.92 Å². The van der Waals surface area contributed by atoms with Gasteiger partial charge in [-0.25, -0.2) is 4.99 Å². The Morgan fingerprint density at radius 2 is 1.77 bits per heavy atom. The molecule has 22 heavy (non-hydrogen) atoms. The summed E-state index contributed by atoms with van der Waals surface area (Å²) in [5.41, 5.74) is 5.72. The van der Waals surface area contributed by atoms with Gasteiger partial charge in [-0.1, -0.05) is 18.2 Å². The second-order valence-corrected chi connectivity index (χ2v) is 6.17. The highest BCUT2D eigenvalue weighted by Crippen LogP contribution is 2.35. The maximum Gasteiger partial charge on any atom is 0.138 e. The smallest absolute Gasteiger partial charge is 0.138 e. The lowest BCUT2D eigenvalue weighted by Gasteiger charge is -2.30. The highest BCUT2D eigenvalue weighted by Gasteiger charge is 2.22. The number of nitrogens with one attached hydrogen (secondary N) is 1. The van der Waals surface area contributed by atoms with Gasteiger partial charge < -0.3 is 10.2 Å². The third-order valence-electron chi connectivity index (χ3n) is 4.47. The Kier molecular flexibility index (Phi) is 3.34. The molecule has 0 bridgehead atoms. The van der Waals surface area contributed by atoms with Crippen LogP contribution < -0.4 is 5.32 Å². The van der Waals surface area contributed by atoms with E-state index in [4.69, 9.17) is 4.99 Å². The summed E-state index contributed by atoms with van der Waals surface area (Å²) >= 11 is 0. The Morgan fingerprint density at radius 1 is 0.955 bits per heavy atom. The number of likely N-dealkylation sites (tertiary alicyclic amines) is 1. The number of fused-ring (bicyclic) bond motifs is 2. The van der Waals surface area contributed by atoms with Gasteiger partial charge in [0.05, 0.1) is 11.4 Å². The van der Waals surface area contributed by atoms with Gasteiger partial charge in [-0.05, 0) is 56.0 Å². The van der Waals surface area contributed by atoms with Crippen molar-refractivity contribution in [3.63, 3.8) is 0 Å². The van der Waals surface area contributed by atoms with E-state index in [2.05, 4.69) is 59.6 Å². The molecule has 3 nitrogen and oxygen atoms in total. The Morgan fingerprint density at radius 3 is 2.64 bits per heavy atom. The summed E-state index contributed by atoms with van der Waals surface area (Å²) in [7, 11) is 0. The molecule has 2 aliphatic rings. The summed E-state index contributed by atoms with van der Waals surface area (Å²) in [6, 6.07) is 14.9. The van der Waals surface area contributed by atoms with Crippen molar-refractivity contribution >= 4 is 22.9 Å². The summed E-state index contributed by atoms with van der Waals surface area (Å²) in [4.78, 5) is 7.49. The SMILES string of the molecule is Cc1ccc2c(c1)N=C(N1CCCCC1)c1ccccc1N2. The molecule has 0 saturated carbocycles. The van der Waals surface area contributed by atoms with Crippen LogP contribution in [-0.4, -0.2) is 23.8 Å². The summed E-state index contributed by atoms with van der Waals surface area (Å²) in [6.45, 7) is 4.33. The average molecular weight is 291 g/mol. The van der Waals surface area contributed by atoms with E-state index >= 15 is 0 Å². The predicted molar refractivity (Wildman–Crippen MR) is 92.5 cm³/mol. The van der Waals surface area contributed by atoms with Gasteiger partial charge in [0.2, 0.25) is 0 Å². The van der Waals surface area contributed by atoms with Crippen molar-refractivity contribution in [3.8, 4) is 0 Å². The Balaban J connectivity index is 1.88. The maximum atomic E-state index is 5.05. The van der Waals surface area contributed by atoms with Crippen molar-refractivity contribution in [1.29, 1.82) is 0 Å². The van der Waals surface area contributed by atoms with Gasteiger partial charge in [0.15, 0.2) is 0 Å². The van der Waals surface area contributed by atoms with Crippen LogP contribution in [0.2, 0.25) is 0 Å². The summed E-state index contributed by atoms with van der Waals surface area (Å²) in [5.74, 6) is 1.12. The van der Waals surface area contributed by atoms with Crippen LogP contribution in [0.3, 0.4) is 0 Å². The molecular weight excluding hydrogens is 270 g/mol. The largest absolute Gasteiger partial charge is 0.356 e. The van der Waals surface area contributed by atoms with E-state index in [0.717, 1.165) is 36.0 Å². The molecule has 2 aromatic carbocycles. The minimum atomic E-state index is 1.04. The molecule has 1 N–H and O–H groups in total. The highest BCUT2D eigenvalue weighted by atomic mass is 15.2. The summed E-state index contributed by atoms with van der Waals surface area (Å²) < 4.78 is 0. The van der Waals surface area contributed by atoms with E-state index in [1.54, 1.807) is 0 Å². The minimum Gasteiger partial charge on any atom is -0.356 e. The quantitative estimate of drug-likeness (QED) is 0.767. The van der Waals surface area contributed by atoms with Gasteiger partial charge in [0.25, 0.3) is 0 Å². The zero-order valence-corrected chi connectivity index (χ0v) is 13.0. The third kappa shape index (κ3) is 2.37. The molecule has 112 valence electrons. The van der Waals surface area contributed by atoms with E-state index in [1.807, 2.05) is 0 Å². The first-order valence-corrected chi connectivity index (χ1v) is 8.12. The normalized spacial score (nSPS) is 17.0. The second-order valence-electron chi connectivity index (χ2n) is 6.17. The minimum absolute atomic E-state index is 1.04. The summed E-state index contributed by atoms with van der Waals surface area (Å²) in [6.07, 6.45) is 3.85. The van der Waals surface area contributed by atoms with Crippen molar-refractivity contribution in [2.24, 2.45) is 4.99 Å². The molecule has 2 aliphatic heterocycles. The fourth-order valence-electron chi connectivity index (χ4n) is 3.29. The fourth-order valence-corrected chi connectivity index (χ4v) is 3.29. The molecule has 2 heterocycles. The number of benzene rings is 2. The number of para-hydroxylation sites is 1. The monoisotopic (exact) mass is 291 g/mol. The number of hydrogen-bond donors (Lipinski definition) is 1. The van der Waals surface area contributed by atoms with Crippen molar-refractivity contribution in [2.45, 2.75) is 26.2 Å². The van der Waals surface area contributed by atoms with Gasteiger partial charge in [-0.15, -0.1) is 0 Å². The van der Waals surface area contributed by atoms with Gasteiger partial charge in [-0.3, -0.25) is 0 Å². The van der Waals surface area contributed by atoms with Crippen LogP contribution in [0.4, 0.5) is 17.1 Å². The number of aliphatic imine (C=N–C) groups is 1. The zero-order chi connectivity index (χ0) is 14.9. The molecule has 0 unspecified atom stereocenters. The van der Waals surface area contributed by atoms with Crippen molar-refractivity contribution in [3.05, 3.63) is 53.6 Å². The molecule has 0 atom stereocenters. The van der Waals surface area contributed by atoms with Crippen molar-refractivity contribution in [1.82, 2.24) is 4.90 Å². The van der Waals surface area contributed by atoms with Crippen LogP contribution in [-0.2, 0) is 0 Å². The van der Waals surface area contributed by atoms with E-state index in [-0.39, 0.29) is 0 Å². The number of rotatable bonds is 0. The molecule has 0 amide bonds. The lowest BCUT2D eigenvalue weighted by molar-refractivity contribution is 0.343. The molecule has 0 spiro atoms. The molecule has 2 aromatic rings. The Bertz CT molecular complexity index is 727. The number of piperidine rings is 1. The van der Waals surface area contributed by atoms with Crippen LogP contribution in [0.25, 0.3) is 0 Å². The van der Waals surface area contributed by atoms with Gasteiger partial charge >= 0.3 is 0 Å². The van der Waals surface area contributed by atoms with Gasteiger partial charge in [-0.2, -0.15) is 0 Å². The maximum absolute atomic E-state index is 5.05. The number of anilines is 2. The van der Waals surface area contributed by atoms with Crippen LogP contribution in [0.1, 0.15) is 30.4 Å².